The van der Waals surface area contributed by atoms with E-state index >= 15 is 0 Å². The average molecular weight is 217 g/mol. The fourth-order valence-electron chi connectivity index (χ4n) is 1.11. The van der Waals surface area contributed by atoms with Gasteiger partial charge in [0, 0.05) is 12.5 Å². The number of para-hydroxylation sites is 1. The van der Waals surface area contributed by atoms with Crippen LogP contribution in [0.5, 0.6) is 0 Å². The van der Waals surface area contributed by atoms with Crippen LogP contribution in [-0.4, -0.2) is 17.0 Å². The van der Waals surface area contributed by atoms with Gasteiger partial charge in [0.15, 0.2) is 0 Å². The second-order valence-electron chi connectivity index (χ2n) is 3.10. The maximum atomic E-state index is 10.9. The number of carbonyl (C=O) groups excluding carboxylic acids is 1. The highest BCUT2D eigenvalue weighted by Crippen LogP contribution is 2.13. The zero-order chi connectivity index (χ0) is 12.0. The van der Waals surface area contributed by atoms with E-state index in [1.807, 2.05) is 0 Å². The quantitative estimate of drug-likeness (QED) is 0.737. The maximum absolute atomic E-state index is 10.9. The van der Waals surface area contributed by atoms with Gasteiger partial charge in [-0.15, -0.1) is 0 Å². The van der Waals surface area contributed by atoms with Gasteiger partial charge < -0.3 is 10.4 Å². The third-order valence-electron chi connectivity index (χ3n) is 1.70. The largest absolute Gasteiger partial charge is 0.481 e. The second-order valence-corrected chi connectivity index (χ2v) is 3.10. The van der Waals surface area contributed by atoms with Crippen LogP contribution in [-0.2, 0) is 9.59 Å². The molecule has 4 heteroatoms. The first-order valence-electron chi connectivity index (χ1n) is 4.67. The van der Waals surface area contributed by atoms with Gasteiger partial charge in [-0.2, -0.15) is 0 Å². The molecule has 2 N–H and O–H groups in total. The number of aliphatic carboxylic acids is 1. The first kappa shape index (κ1) is 11.8. The lowest BCUT2D eigenvalue weighted by atomic mass is 10.1. The van der Waals surface area contributed by atoms with Crippen molar-refractivity contribution in [2.24, 2.45) is 0 Å². The summed E-state index contributed by atoms with van der Waals surface area (Å²) < 4.78 is 0. The van der Waals surface area contributed by atoms with Gasteiger partial charge in [-0.25, -0.2) is 0 Å². The topological polar surface area (TPSA) is 66.4 Å². The number of hydrogen-bond acceptors (Lipinski definition) is 2. The molecule has 1 aromatic carbocycles. The molecule has 0 fully saturated rings. The normalized spacial score (nSPS) is 8.81. The van der Waals surface area contributed by atoms with Gasteiger partial charge in [-0.1, -0.05) is 24.0 Å². The predicted molar refractivity (Wildman–Crippen MR) is 59.9 cm³/mol. The van der Waals surface area contributed by atoms with E-state index in [2.05, 4.69) is 17.2 Å². The smallest absolute Gasteiger partial charge is 0.315 e. The average Bonchev–Trinajstić information content (AvgIpc) is 2.19. The Kier molecular flexibility index (Phi) is 4.10. The molecule has 0 saturated heterocycles. The van der Waals surface area contributed by atoms with Crippen molar-refractivity contribution in [2.75, 3.05) is 5.32 Å². The molecule has 1 aromatic rings. The molecule has 1 rings (SSSR count). The molecule has 0 bridgehead atoms. The van der Waals surface area contributed by atoms with E-state index in [1.54, 1.807) is 24.3 Å². The Morgan fingerprint density at radius 1 is 1.38 bits per heavy atom. The minimum Gasteiger partial charge on any atom is -0.481 e. The van der Waals surface area contributed by atoms with Crippen molar-refractivity contribution < 1.29 is 14.7 Å². The van der Waals surface area contributed by atoms with Crippen molar-refractivity contribution in [3.8, 4) is 11.8 Å². The summed E-state index contributed by atoms with van der Waals surface area (Å²) in [4.78, 5) is 21.2. The summed E-state index contributed by atoms with van der Waals surface area (Å²) in [5.74, 6) is 4.06. The van der Waals surface area contributed by atoms with Crippen LogP contribution in [0.3, 0.4) is 0 Å². The molecule has 0 spiro atoms. The zero-order valence-electron chi connectivity index (χ0n) is 8.78. The molecule has 0 unspecified atom stereocenters. The number of carboxylic acid groups (broad SMARTS) is 1. The number of benzene rings is 1. The molecule has 0 saturated carbocycles. The Balaban J connectivity index is 2.89. The van der Waals surface area contributed by atoms with Crippen LogP contribution >= 0.6 is 0 Å². The molecule has 0 aliphatic heterocycles. The summed E-state index contributed by atoms with van der Waals surface area (Å²) in [5, 5.41) is 11.1. The van der Waals surface area contributed by atoms with E-state index in [-0.39, 0.29) is 12.3 Å². The van der Waals surface area contributed by atoms with Crippen LogP contribution in [0, 0.1) is 11.8 Å². The Morgan fingerprint density at radius 2 is 2.06 bits per heavy atom. The molecule has 0 atom stereocenters. The fourth-order valence-corrected chi connectivity index (χ4v) is 1.11. The Bertz CT molecular complexity index is 469. The lowest BCUT2D eigenvalue weighted by Crippen LogP contribution is -2.07. The summed E-state index contributed by atoms with van der Waals surface area (Å²) in [6.07, 6.45) is -0.214. The molecular weight excluding hydrogens is 206 g/mol. The molecule has 0 radical (unpaired) electrons. The van der Waals surface area contributed by atoms with Gasteiger partial charge in [0.1, 0.15) is 6.42 Å². The van der Waals surface area contributed by atoms with Crippen molar-refractivity contribution in [2.45, 2.75) is 13.3 Å². The monoisotopic (exact) mass is 217 g/mol. The Morgan fingerprint density at radius 3 is 2.69 bits per heavy atom. The van der Waals surface area contributed by atoms with Crippen LogP contribution < -0.4 is 5.32 Å². The van der Waals surface area contributed by atoms with E-state index in [0.29, 0.717) is 11.3 Å². The highest BCUT2D eigenvalue weighted by atomic mass is 16.4. The van der Waals surface area contributed by atoms with Crippen LogP contribution in [0.4, 0.5) is 5.69 Å². The van der Waals surface area contributed by atoms with E-state index in [9.17, 15) is 9.59 Å². The molecule has 1 amide bonds. The van der Waals surface area contributed by atoms with E-state index in [4.69, 9.17) is 5.11 Å². The number of nitrogens with one attached hydrogen (secondary N) is 1. The minimum atomic E-state index is -0.968. The third-order valence-corrected chi connectivity index (χ3v) is 1.70. The maximum Gasteiger partial charge on any atom is 0.315 e. The van der Waals surface area contributed by atoms with Crippen LogP contribution in [0.25, 0.3) is 0 Å². The van der Waals surface area contributed by atoms with E-state index in [0.717, 1.165) is 0 Å². The van der Waals surface area contributed by atoms with Gasteiger partial charge >= 0.3 is 5.97 Å². The lowest BCUT2D eigenvalue weighted by Gasteiger charge is -2.03. The number of hydrogen-bond donors (Lipinski definition) is 2. The number of amides is 1. The standard InChI is InChI=1S/C12H11NO3/c1-9(14)13-11-7-3-2-5-10(11)6-4-8-12(15)16/h2-3,5,7H,8H2,1H3,(H,13,14)(H,15,16). The van der Waals surface area contributed by atoms with Crippen molar-refractivity contribution in [3.05, 3.63) is 29.8 Å². The highest BCUT2D eigenvalue weighted by Gasteiger charge is 1.99. The summed E-state index contributed by atoms with van der Waals surface area (Å²) in [6.45, 7) is 1.40. The first-order chi connectivity index (χ1) is 7.59. The molecule has 0 aliphatic carbocycles. The van der Waals surface area contributed by atoms with Crippen LogP contribution in [0.2, 0.25) is 0 Å². The molecule has 4 nitrogen and oxygen atoms in total. The molecule has 82 valence electrons. The van der Waals surface area contributed by atoms with Gasteiger partial charge in [0.05, 0.1) is 5.69 Å². The van der Waals surface area contributed by atoms with Crippen molar-refractivity contribution in [1.82, 2.24) is 0 Å². The SMILES string of the molecule is CC(=O)Nc1ccccc1C#CCC(=O)O. The van der Waals surface area contributed by atoms with Gasteiger partial charge in [0.2, 0.25) is 5.91 Å². The first-order valence-corrected chi connectivity index (χ1v) is 4.67. The van der Waals surface area contributed by atoms with Gasteiger partial charge in [-0.3, -0.25) is 9.59 Å². The number of carbonyl (C=O) groups is 2. The molecule has 0 aromatic heterocycles. The number of anilines is 1. The summed E-state index contributed by atoms with van der Waals surface area (Å²) in [7, 11) is 0. The van der Waals surface area contributed by atoms with Crippen molar-refractivity contribution in [3.63, 3.8) is 0 Å². The minimum absolute atomic E-state index is 0.188. The molecular formula is C12H11NO3. The van der Waals surface area contributed by atoms with Crippen molar-refractivity contribution in [1.29, 1.82) is 0 Å². The summed E-state index contributed by atoms with van der Waals surface area (Å²) in [5.41, 5.74) is 1.20. The van der Waals surface area contributed by atoms with Gasteiger partial charge in [0.25, 0.3) is 0 Å². The molecule has 0 aliphatic rings. The second kappa shape index (κ2) is 5.56. The Hall–Kier alpha value is -2.28. The predicted octanol–water partition coefficient (Wildman–Crippen LogP) is 1.47. The molecule has 0 heterocycles. The summed E-state index contributed by atoms with van der Waals surface area (Å²) >= 11 is 0. The number of rotatable bonds is 2. The fraction of sp³-hybridized carbons (Fsp3) is 0.167. The van der Waals surface area contributed by atoms with E-state index < -0.39 is 5.97 Å². The molecule has 16 heavy (non-hydrogen) atoms. The third kappa shape index (κ3) is 3.84. The van der Waals surface area contributed by atoms with Crippen molar-refractivity contribution >= 4 is 17.6 Å². The van der Waals surface area contributed by atoms with Crippen LogP contribution in [0.1, 0.15) is 18.9 Å². The van der Waals surface area contributed by atoms with E-state index in [1.165, 1.54) is 6.92 Å². The van der Waals surface area contributed by atoms with Crippen LogP contribution in [0.15, 0.2) is 24.3 Å². The zero-order valence-corrected chi connectivity index (χ0v) is 8.78. The van der Waals surface area contributed by atoms with Gasteiger partial charge in [-0.05, 0) is 12.1 Å². The number of carboxylic acids is 1. The Labute approximate surface area is 93.3 Å². The summed E-state index contributed by atoms with van der Waals surface area (Å²) in [6, 6.07) is 6.98. The lowest BCUT2D eigenvalue weighted by molar-refractivity contribution is -0.135. The highest BCUT2D eigenvalue weighted by molar-refractivity contribution is 5.90.